The zero-order valence-electron chi connectivity index (χ0n) is 25.5. The highest BCUT2D eigenvalue weighted by Crippen LogP contribution is 2.44. The first-order valence-electron chi connectivity index (χ1n) is 15.8. The molecule has 0 aliphatic carbocycles. The molecule has 0 atom stereocenters. The lowest BCUT2D eigenvalue weighted by Gasteiger charge is -2.18. The summed E-state index contributed by atoms with van der Waals surface area (Å²) in [6, 6.07) is 59.3. The molecule has 216 valence electrons. The van der Waals surface area contributed by atoms with Crippen LogP contribution in [0.25, 0.3) is 82.4 Å². The number of rotatable bonds is 4. The van der Waals surface area contributed by atoms with Gasteiger partial charge in [-0.25, -0.2) is 4.98 Å². The van der Waals surface area contributed by atoms with E-state index in [9.17, 15) is 0 Å². The van der Waals surface area contributed by atoms with Gasteiger partial charge in [-0.05, 0) is 103 Å². The molecule has 0 spiro atoms. The molecule has 0 amide bonds. The maximum absolute atomic E-state index is 4.84. The molecule has 0 bridgehead atoms. The number of fused-ring (bicyclic) bond motifs is 4. The summed E-state index contributed by atoms with van der Waals surface area (Å²) in [6.07, 6.45) is 0. The summed E-state index contributed by atoms with van der Waals surface area (Å²) in [5, 5.41) is 7.58. The van der Waals surface area contributed by atoms with Gasteiger partial charge in [0.15, 0.2) is 0 Å². The van der Waals surface area contributed by atoms with E-state index in [1.54, 1.807) is 0 Å². The van der Waals surface area contributed by atoms with Crippen molar-refractivity contribution in [1.82, 2.24) is 9.55 Å². The molecule has 9 rings (SSSR count). The highest BCUT2D eigenvalue weighted by molar-refractivity contribution is 6.21. The molecule has 8 aromatic carbocycles. The van der Waals surface area contributed by atoms with Gasteiger partial charge in [-0.1, -0.05) is 133 Å². The van der Waals surface area contributed by atoms with E-state index in [1.807, 2.05) is 6.07 Å². The number of aryl methyl sites for hydroxylation is 1. The molecule has 0 fully saturated rings. The van der Waals surface area contributed by atoms with Crippen LogP contribution in [0, 0.1) is 6.92 Å². The minimum absolute atomic E-state index is 0.986. The predicted molar refractivity (Wildman–Crippen MR) is 195 cm³/mol. The molecule has 0 saturated heterocycles. The molecule has 0 aliphatic rings. The maximum atomic E-state index is 4.84. The lowest BCUT2D eigenvalue weighted by Crippen LogP contribution is -1.96. The van der Waals surface area contributed by atoms with Crippen LogP contribution in [0.3, 0.4) is 0 Å². The number of aromatic nitrogens is 2. The Hall–Kier alpha value is -5.99. The van der Waals surface area contributed by atoms with Crippen molar-refractivity contribution < 1.29 is 0 Å². The van der Waals surface area contributed by atoms with E-state index in [1.165, 1.54) is 65.7 Å². The summed E-state index contributed by atoms with van der Waals surface area (Å²) in [5.41, 5.74) is 10.6. The first-order valence-corrected chi connectivity index (χ1v) is 15.8. The summed E-state index contributed by atoms with van der Waals surface area (Å²) in [4.78, 5) is 4.84. The zero-order chi connectivity index (χ0) is 30.6. The van der Waals surface area contributed by atoms with Crippen LogP contribution in [0.4, 0.5) is 0 Å². The molecular weight excluding hydrogens is 556 g/mol. The fourth-order valence-electron chi connectivity index (χ4n) is 7.20. The van der Waals surface area contributed by atoms with Crippen molar-refractivity contribution in [2.75, 3.05) is 0 Å². The fraction of sp³-hybridized carbons (Fsp3) is 0.0227. The van der Waals surface area contributed by atoms with Crippen LogP contribution in [0.2, 0.25) is 0 Å². The van der Waals surface area contributed by atoms with Crippen molar-refractivity contribution in [3.8, 4) is 39.1 Å². The van der Waals surface area contributed by atoms with E-state index in [2.05, 4.69) is 169 Å². The van der Waals surface area contributed by atoms with Gasteiger partial charge >= 0.3 is 0 Å². The van der Waals surface area contributed by atoms with Gasteiger partial charge < -0.3 is 0 Å². The van der Waals surface area contributed by atoms with Crippen molar-refractivity contribution in [2.45, 2.75) is 6.92 Å². The number of imidazole rings is 1. The molecule has 46 heavy (non-hydrogen) atoms. The average molecular weight is 587 g/mol. The number of hydrogen-bond donors (Lipinski definition) is 0. The summed E-state index contributed by atoms with van der Waals surface area (Å²) in [7, 11) is 0. The standard InChI is InChI=1S/C44H30N2/c1-29-45-41-26-25-34(28-42(41)46(29)36-13-3-2-4-14-36)31-19-22-32(23-20-31)43-37-15-7-9-17-39(37)44(40-18-10-8-16-38(40)43)35-24-21-30-11-5-6-12-33(30)27-35/h2-28H,1H3. The third kappa shape index (κ3) is 4.22. The summed E-state index contributed by atoms with van der Waals surface area (Å²) < 4.78 is 2.24. The number of para-hydroxylation sites is 1. The normalized spacial score (nSPS) is 11.6. The number of hydrogen-bond acceptors (Lipinski definition) is 1. The third-order valence-electron chi connectivity index (χ3n) is 9.31. The van der Waals surface area contributed by atoms with Crippen LogP contribution in [-0.4, -0.2) is 9.55 Å². The summed E-state index contributed by atoms with van der Waals surface area (Å²) in [5.74, 6) is 0.986. The molecule has 0 radical (unpaired) electrons. The van der Waals surface area contributed by atoms with E-state index in [4.69, 9.17) is 4.98 Å². The lowest BCUT2D eigenvalue weighted by atomic mass is 9.85. The monoisotopic (exact) mass is 586 g/mol. The smallest absolute Gasteiger partial charge is 0.111 e. The maximum Gasteiger partial charge on any atom is 0.111 e. The Morgan fingerprint density at radius 1 is 0.413 bits per heavy atom. The Morgan fingerprint density at radius 3 is 1.61 bits per heavy atom. The van der Waals surface area contributed by atoms with E-state index < -0.39 is 0 Å². The average Bonchev–Trinajstić information content (AvgIpc) is 3.45. The van der Waals surface area contributed by atoms with Crippen molar-refractivity contribution in [3.05, 3.63) is 170 Å². The number of benzene rings is 8. The van der Waals surface area contributed by atoms with Gasteiger partial charge in [0.2, 0.25) is 0 Å². The minimum atomic E-state index is 0.986. The molecular formula is C44H30N2. The Kier molecular flexibility index (Phi) is 6.07. The molecule has 0 aliphatic heterocycles. The molecule has 9 aromatic rings. The second kappa shape index (κ2) is 10.6. The Labute approximate surface area is 267 Å². The molecule has 0 unspecified atom stereocenters. The lowest BCUT2D eigenvalue weighted by molar-refractivity contribution is 1.00. The van der Waals surface area contributed by atoms with E-state index in [0.29, 0.717) is 0 Å². The fourth-order valence-corrected chi connectivity index (χ4v) is 7.20. The Bertz CT molecular complexity index is 2520. The highest BCUT2D eigenvalue weighted by Gasteiger charge is 2.17. The van der Waals surface area contributed by atoms with Gasteiger partial charge in [0.1, 0.15) is 5.82 Å². The van der Waals surface area contributed by atoms with E-state index in [-0.39, 0.29) is 0 Å². The molecule has 0 N–H and O–H groups in total. The topological polar surface area (TPSA) is 17.8 Å². The van der Waals surface area contributed by atoms with Gasteiger partial charge in [-0.2, -0.15) is 0 Å². The van der Waals surface area contributed by atoms with Gasteiger partial charge in [0, 0.05) is 5.69 Å². The first-order chi connectivity index (χ1) is 22.7. The zero-order valence-corrected chi connectivity index (χ0v) is 25.5. The van der Waals surface area contributed by atoms with Crippen LogP contribution in [0.15, 0.2) is 164 Å². The quantitative estimate of drug-likeness (QED) is 0.188. The molecule has 1 aromatic heterocycles. The van der Waals surface area contributed by atoms with Crippen LogP contribution >= 0.6 is 0 Å². The van der Waals surface area contributed by atoms with Crippen molar-refractivity contribution in [3.63, 3.8) is 0 Å². The van der Waals surface area contributed by atoms with Gasteiger partial charge in [-0.15, -0.1) is 0 Å². The third-order valence-corrected chi connectivity index (χ3v) is 9.31. The van der Waals surface area contributed by atoms with Crippen LogP contribution in [0.5, 0.6) is 0 Å². The van der Waals surface area contributed by atoms with Crippen LogP contribution in [0.1, 0.15) is 5.82 Å². The molecule has 0 saturated carbocycles. The molecule has 2 nitrogen and oxygen atoms in total. The van der Waals surface area contributed by atoms with Crippen molar-refractivity contribution >= 4 is 43.4 Å². The predicted octanol–water partition coefficient (Wildman–Crippen LogP) is 11.8. The summed E-state index contributed by atoms with van der Waals surface area (Å²) in [6.45, 7) is 2.07. The highest BCUT2D eigenvalue weighted by atomic mass is 15.1. The van der Waals surface area contributed by atoms with Crippen molar-refractivity contribution in [1.29, 1.82) is 0 Å². The second-order valence-electron chi connectivity index (χ2n) is 12.0. The molecule has 1 heterocycles. The van der Waals surface area contributed by atoms with Gasteiger partial charge in [0.05, 0.1) is 11.0 Å². The van der Waals surface area contributed by atoms with Gasteiger partial charge in [0.25, 0.3) is 0 Å². The largest absolute Gasteiger partial charge is 0.297 e. The summed E-state index contributed by atoms with van der Waals surface area (Å²) >= 11 is 0. The SMILES string of the molecule is Cc1nc2ccc(-c3ccc(-c4c5ccccc5c(-c5ccc6ccccc6c5)c5ccccc45)cc3)cc2n1-c1ccccc1. The van der Waals surface area contributed by atoms with E-state index >= 15 is 0 Å². The van der Waals surface area contributed by atoms with Crippen molar-refractivity contribution in [2.24, 2.45) is 0 Å². The molecule has 2 heteroatoms. The Morgan fingerprint density at radius 2 is 0.935 bits per heavy atom. The first kappa shape index (κ1) is 26.4. The van der Waals surface area contributed by atoms with Crippen LogP contribution < -0.4 is 0 Å². The van der Waals surface area contributed by atoms with E-state index in [0.717, 1.165) is 22.5 Å². The van der Waals surface area contributed by atoms with Gasteiger partial charge in [-0.3, -0.25) is 4.57 Å². The number of nitrogens with zero attached hydrogens (tertiary/aromatic N) is 2. The Balaban J connectivity index is 1.20. The second-order valence-corrected chi connectivity index (χ2v) is 12.0. The minimum Gasteiger partial charge on any atom is -0.297 e. The van der Waals surface area contributed by atoms with Crippen LogP contribution in [-0.2, 0) is 0 Å².